The van der Waals surface area contributed by atoms with Crippen LogP contribution in [0.4, 0.5) is 0 Å². The summed E-state index contributed by atoms with van der Waals surface area (Å²) in [4.78, 5) is 12.8. The van der Waals surface area contributed by atoms with Gasteiger partial charge in [-0.25, -0.2) is 0 Å². The molecular weight excluding hydrogens is 571 g/mol. The van der Waals surface area contributed by atoms with Crippen molar-refractivity contribution in [3.63, 3.8) is 0 Å². The molecule has 0 saturated carbocycles. The van der Waals surface area contributed by atoms with Crippen molar-refractivity contribution in [2.75, 3.05) is 0 Å². The second kappa shape index (κ2) is 11.8. The first-order valence-corrected chi connectivity index (χ1v) is 10.0. The van der Waals surface area contributed by atoms with Crippen molar-refractivity contribution in [2.24, 2.45) is 0 Å². The fourth-order valence-electron chi connectivity index (χ4n) is 3.10. The molecule has 2 aromatic carbocycles. The Balaban J connectivity index is 0.000000184. The molecule has 3 heterocycles. The van der Waals surface area contributed by atoms with Crippen LogP contribution in [0, 0.1) is 19.1 Å². The molecule has 32 heavy (non-hydrogen) atoms. The third kappa shape index (κ3) is 6.27. The van der Waals surface area contributed by atoms with E-state index in [-0.39, 0.29) is 20.1 Å². The first kappa shape index (κ1) is 23.2. The van der Waals surface area contributed by atoms with Gasteiger partial charge in [0.2, 0.25) is 0 Å². The minimum atomic E-state index is 0. The summed E-state index contributed by atoms with van der Waals surface area (Å²) in [5.74, 6) is 0. The van der Waals surface area contributed by atoms with Gasteiger partial charge in [-0.2, -0.15) is 0 Å². The Morgan fingerprint density at radius 1 is 0.625 bits per heavy atom. The van der Waals surface area contributed by atoms with Gasteiger partial charge in [0.1, 0.15) is 0 Å². The van der Waals surface area contributed by atoms with Gasteiger partial charge in [0.15, 0.2) is 0 Å². The average Bonchev–Trinajstić information content (AvgIpc) is 2.86. The standard InChI is InChI=1S/C16H11N2.C12H10N.Ir/c1-2-4-14(5-3-1)16-12-15(8-11-18-16)13-6-9-17-10-7-13;1-10-6-5-9-12(13-10)11-7-3-2-4-8-11;/h1-4,6-12H;2-7,9H,1H3;/q2*-1;. The van der Waals surface area contributed by atoms with Gasteiger partial charge in [-0.1, -0.05) is 18.2 Å². The zero-order valence-corrected chi connectivity index (χ0v) is 20.0. The summed E-state index contributed by atoms with van der Waals surface area (Å²) in [6.45, 7) is 1.99. The van der Waals surface area contributed by atoms with Gasteiger partial charge < -0.3 is 9.97 Å². The topological polar surface area (TPSA) is 38.7 Å². The summed E-state index contributed by atoms with van der Waals surface area (Å²) < 4.78 is 0. The number of aromatic nitrogens is 3. The Morgan fingerprint density at radius 2 is 1.28 bits per heavy atom. The Kier molecular flexibility index (Phi) is 8.56. The van der Waals surface area contributed by atoms with E-state index in [2.05, 4.69) is 33.2 Å². The minimum absolute atomic E-state index is 0. The van der Waals surface area contributed by atoms with Gasteiger partial charge in [0, 0.05) is 44.4 Å². The average molecular weight is 592 g/mol. The molecule has 0 spiro atoms. The van der Waals surface area contributed by atoms with E-state index in [0.717, 1.165) is 39.3 Å². The molecule has 0 N–H and O–H groups in total. The summed E-state index contributed by atoms with van der Waals surface area (Å²) in [7, 11) is 0. The van der Waals surface area contributed by atoms with Gasteiger partial charge in [0.25, 0.3) is 0 Å². The van der Waals surface area contributed by atoms with Crippen molar-refractivity contribution in [1.82, 2.24) is 15.0 Å². The molecule has 3 nitrogen and oxygen atoms in total. The van der Waals surface area contributed by atoms with Gasteiger partial charge in [0.05, 0.1) is 0 Å². The molecule has 1 radical (unpaired) electrons. The Morgan fingerprint density at radius 3 is 1.91 bits per heavy atom. The smallest absolute Gasteiger partial charge is 0.0273 e. The number of pyridine rings is 3. The predicted molar refractivity (Wildman–Crippen MR) is 125 cm³/mol. The second-order valence-corrected chi connectivity index (χ2v) is 6.88. The molecule has 5 rings (SSSR count). The zero-order chi connectivity index (χ0) is 21.3. The molecule has 4 heteroatoms. The summed E-state index contributed by atoms with van der Waals surface area (Å²) in [6.07, 6.45) is 5.42. The van der Waals surface area contributed by atoms with E-state index >= 15 is 0 Å². The first-order valence-electron chi connectivity index (χ1n) is 10.0. The molecule has 0 bridgehead atoms. The minimum Gasteiger partial charge on any atom is -0.305 e. The van der Waals surface area contributed by atoms with Crippen LogP contribution in [0.3, 0.4) is 0 Å². The van der Waals surface area contributed by atoms with Crippen molar-refractivity contribution in [1.29, 1.82) is 0 Å². The van der Waals surface area contributed by atoms with E-state index in [0.29, 0.717) is 0 Å². The molecular formula is C28H21IrN3-2. The predicted octanol–water partition coefficient (Wildman–Crippen LogP) is 6.47. The summed E-state index contributed by atoms with van der Waals surface area (Å²) >= 11 is 0. The second-order valence-electron chi connectivity index (χ2n) is 6.88. The van der Waals surface area contributed by atoms with Crippen molar-refractivity contribution >= 4 is 0 Å². The molecule has 3 aromatic heterocycles. The number of hydrogen-bond donors (Lipinski definition) is 0. The maximum absolute atomic E-state index is 4.41. The molecule has 0 fully saturated rings. The van der Waals surface area contributed by atoms with E-state index in [1.54, 1.807) is 12.4 Å². The van der Waals surface area contributed by atoms with Crippen LogP contribution in [0.2, 0.25) is 0 Å². The molecule has 0 unspecified atom stereocenters. The van der Waals surface area contributed by atoms with Crippen LogP contribution in [0.1, 0.15) is 5.69 Å². The van der Waals surface area contributed by atoms with Crippen LogP contribution < -0.4 is 0 Å². The van der Waals surface area contributed by atoms with E-state index in [1.807, 2.05) is 98.0 Å². The monoisotopic (exact) mass is 592 g/mol. The van der Waals surface area contributed by atoms with Crippen LogP contribution in [0.15, 0.2) is 110 Å². The largest absolute Gasteiger partial charge is 0.305 e. The first-order chi connectivity index (χ1) is 15.3. The molecule has 5 aromatic rings. The molecule has 0 aliphatic heterocycles. The molecule has 0 amide bonds. The number of hydrogen-bond acceptors (Lipinski definition) is 3. The van der Waals surface area contributed by atoms with Crippen LogP contribution in [0.25, 0.3) is 33.6 Å². The van der Waals surface area contributed by atoms with E-state index in [9.17, 15) is 0 Å². The molecule has 0 saturated heterocycles. The fourth-order valence-corrected chi connectivity index (χ4v) is 3.10. The van der Waals surface area contributed by atoms with Gasteiger partial charge >= 0.3 is 0 Å². The van der Waals surface area contributed by atoms with E-state index < -0.39 is 0 Å². The third-order valence-corrected chi connectivity index (χ3v) is 4.63. The Labute approximate surface area is 202 Å². The maximum atomic E-state index is 4.41. The van der Waals surface area contributed by atoms with Crippen LogP contribution >= 0.6 is 0 Å². The summed E-state index contributed by atoms with van der Waals surface area (Å²) in [5, 5.41) is 0. The van der Waals surface area contributed by atoms with Crippen molar-refractivity contribution < 1.29 is 20.1 Å². The molecule has 159 valence electrons. The van der Waals surface area contributed by atoms with E-state index in [4.69, 9.17) is 0 Å². The number of nitrogens with zero attached hydrogens (tertiary/aromatic N) is 3. The van der Waals surface area contributed by atoms with Crippen molar-refractivity contribution in [3.8, 4) is 33.6 Å². The number of benzene rings is 2. The zero-order valence-electron chi connectivity index (χ0n) is 17.6. The molecule has 0 atom stereocenters. The SMILES string of the molecule is Cc1cccc(-c2[c-]cccc2)n1.[Ir].[c-]1ccccc1-c1cc(-c2ccncc2)ccn1. The van der Waals surface area contributed by atoms with Crippen LogP contribution in [0.5, 0.6) is 0 Å². The molecule has 0 aliphatic rings. The maximum Gasteiger partial charge on any atom is 0.0273 e. The fraction of sp³-hybridized carbons (Fsp3) is 0.0357. The Bertz CT molecular complexity index is 1170. The normalized spacial score (nSPS) is 9.78. The summed E-state index contributed by atoms with van der Waals surface area (Å²) in [5.41, 5.74) is 7.30. The van der Waals surface area contributed by atoms with Crippen LogP contribution in [-0.2, 0) is 20.1 Å². The van der Waals surface area contributed by atoms with Gasteiger partial charge in [-0.15, -0.1) is 71.8 Å². The van der Waals surface area contributed by atoms with Gasteiger partial charge in [-0.3, -0.25) is 4.98 Å². The van der Waals surface area contributed by atoms with Crippen LogP contribution in [-0.4, -0.2) is 15.0 Å². The van der Waals surface area contributed by atoms with Gasteiger partial charge in [-0.05, 0) is 53.7 Å². The Hall–Kier alpha value is -3.46. The quantitative estimate of drug-likeness (QED) is 0.226. The third-order valence-electron chi connectivity index (χ3n) is 4.63. The number of aryl methyl sites for hydroxylation is 1. The van der Waals surface area contributed by atoms with E-state index in [1.165, 1.54) is 0 Å². The number of rotatable bonds is 3. The van der Waals surface area contributed by atoms with Crippen molar-refractivity contribution in [3.05, 3.63) is 127 Å². The summed E-state index contributed by atoms with van der Waals surface area (Å²) in [6, 6.07) is 36.1. The van der Waals surface area contributed by atoms with Crippen molar-refractivity contribution in [2.45, 2.75) is 6.92 Å². The molecule has 0 aliphatic carbocycles.